The van der Waals surface area contributed by atoms with Gasteiger partial charge in [0.05, 0.1) is 5.69 Å². The van der Waals surface area contributed by atoms with E-state index in [2.05, 4.69) is 108 Å². The molecular formula is C27H26N4. The van der Waals surface area contributed by atoms with Crippen molar-refractivity contribution in [2.24, 2.45) is 0 Å². The van der Waals surface area contributed by atoms with E-state index in [0.717, 1.165) is 23.0 Å². The fourth-order valence-electron chi connectivity index (χ4n) is 4.09. The van der Waals surface area contributed by atoms with Crippen LogP contribution in [0.3, 0.4) is 0 Å². The molecule has 0 amide bonds. The van der Waals surface area contributed by atoms with Crippen LogP contribution in [-0.2, 0) is 5.41 Å². The maximum atomic E-state index is 4.71. The zero-order valence-electron chi connectivity index (χ0n) is 18.2. The Hall–Kier alpha value is -3.66. The van der Waals surface area contributed by atoms with Crippen LogP contribution in [0, 0.1) is 0 Å². The van der Waals surface area contributed by atoms with Crippen LogP contribution in [0.4, 0.5) is 23.0 Å². The van der Waals surface area contributed by atoms with Crippen molar-refractivity contribution in [3.05, 3.63) is 96.8 Å². The maximum Gasteiger partial charge on any atom is 0.178 e. The van der Waals surface area contributed by atoms with Gasteiger partial charge in [-0.1, -0.05) is 81.4 Å². The lowest BCUT2D eigenvalue weighted by atomic mass is 9.87. The highest BCUT2D eigenvalue weighted by Gasteiger charge is 2.32. The topological polar surface area (TPSA) is 32.3 Å². The standard InChI is InChI=1S/C27H26N4/c1-27(2,3)21-13-15-22(16-14-21)30-19-31(26-25(30)28-17-18-29-26)24-12-8-7-11-23(24)20-9-5-4-6-10-20/h4-18H,19H2,1-3H3. The molecule has 0 saturated carbocycles. The van der Waals surface area contributed by atoms with E-state index < -0.39 is 0 Å². The minimum atomic E-state index is 0.127. The number of benzene rings is 3. The molecular weight excluding hydrogens is 380 g/mol. The minimum absolute atomic E-state index is 0.127. The van der Waals surface area contributed by atoms with Crippen molar-refractivity contribution in [1.29, 1.82) is 0 Å². The van der Waals surface area contributed by atoms with Crippen molar-refractivity contribution in [3.63, 3.8) is 0 Å². The molecule has 0 fully saturated rings. The van der Waals surface area contributed by atoms with E-state index in [9.17, 15) is 0 Å². The molecule has 5 rings (SSSR count). The average molecular weight is 407 g/mol. The number of hydrogen-bond donors (Lipinski definition) is 0. The van der Waals surface area contributed by atoms with Gasteiger partial charge in [0.2, 0.25) is 0 Å². The Labute approximate surface area is 183 Å². The fraction of sp³-hybridized carbons (Fsp3) is 0.185. The van der Waals surface area contributed by atoms with E-state index >= 15 is 0 Å². The van der Waals surface area contributed by atoms with E-state index in [1.165, 1.54) is 16.7 Å². The van der Waals surface area contributed by atoms with Crippen LogP contribution >= 0.6 is 0 Å². The lowest BCUT2D eigenvalue weighted by Gasteiger charge is -2.24. The number of rotatable bonds is 3. The van der Waals surface area contributed by atoms with Crippen LogP contribution in [0.2, 0.25) is 0 Å². The van der Waals surface area contributed by atoms with Crippen molar-refractivity contribution in [3.8, 4) is 11.1 Å². The van der Waals surface area contributed by atoms with Crippen molar-refractivity contribution in [2.75, 3.05) is 16.5 Å². The molecule has 154 valence electrons. The predicted molar refractivity (Wildman–Crippen MR) is 128 cm³/mol. The van der Waals surface area contributed by atoms with Crippen LogP contribution in [0.5, 0.6) is 0 Å². The monoisotopic (exact) mass is 406 g/mol. The summed E-state index contributed by atoms with van der Waals surface area (Å²) in [4.78, 5) is 13.9. The Morgan fingerprint density at radius 1 is 0.677 bits per heavy atom. The van der Waals surface area contributed by atoms with E-state index in [4.69, 9.17) is 4.98 Å². The predicted octanol–water partition coefficient (Wildman–Crippen LogP) is 6.69. The second-order valence-electron chi connectivity index (χ2n) is 8.88. The molecule has 4 aromatic rings. The van der Waals surface area contributed by atoms with E-state index in [1.807, 2.05) is 6.07 Å². The summed E-state index contributed by atoms with van der Waals surface area (Å²) in [5, 5.41) is 0. The highest BCUT2D eigenvalue weighted by atomic mass is 15.4. The summed E-state index contributed by atoms with van der Waals surface area (Å²) in [6, 6.07) is 27.8. The zero-order valence-corrected chi connectivity index (χ0v) is 18.2. The van der Waals surface area contributed by atoms with Gasteiger partial charge in [0.15, 0.2) is 11.6 Å². The third kappa shape index (κ3) is 3.55. The molecule has 0 spiro atoms. The first-order valence-electron chi connectivity index (χ1n) is 10.6. The van der Waals surface area contributed by atoms with Crippen molar-refractivity contribution in [2.45, 2.75) is 26.2 Å². The Morgan fingerprint density at radius 3 is 1.97 bits per heavy atom. The third-order valence-electron chi connectivity index (χ3n) is 5.78. The molecule has 1 aromatic heterocycles. The first-order valence-corrected chi connectivity index (χ1v) is 10.6. The third-order valence-corrected chi connectivity index (χ3v) is 5.78. The molecule has 0 atom stereocenters. The largest absolute Gasteiger partial charge is 0.305 e. The number of anilines is 4. The highest BCUT2D eigenvalue weighted by Crippen LogP contribution is 2.44. The molecule has 0 saturated heterocycles. The molecule has 1 aliphatic heterocycles. The first kappa shape index (κ1) is 19.3. The molecule has 0 unspecified atom stereocenters. The molecule has 0 N–H and O–H groups in total. The molecule has 1 aliphatic rings. The smallest absolute Gasteiger partial charge is 0.178 e. The molecule has 4 nitrogen and oxygen atoms in total. The van der Waals surface area contributed by atoms with E-state index in [0.29, 0.717) is 6.67 Å². The summed E-state index contributed by atoms with van der Waals surface area (Å²) in [6.45, 7) is 7.38. The van der Waals surface area contributed by atoms with Crippen molar-refractivity contribution >= 4 is 23.0 Å². The summed E-state index contributed by atoms with van der Waals surface area (Å²) in [7, 11) is 0. The number of aromatic nitrogens is 2. The second-order valence-corrected chi connectivity index (χ2v) is 8.88. The zero-order chi connectivity index (χ0) is 21.4. The summed E-state index contributed by atoms with van der Waals surface area (Å²) >= 11 is 0. The molecule has 0 bridgehead atoms. The van der Waals surface area contributed by atoms with Gasteiger partial charge in [-0.3, -0.25) is 0 Å². The lowest BCUT2D eigenvalue weighted by Crippen LogP contribution is -2.25. The molecule has 3 aromatic carbocycles. The average Bonchev–Trinajstić information content (AvgIpc) is 3.19. The lowest BCUT2D eigenvalue weighted by molar-refractivity contribution is 0.590. The molecule has 4 heteroatoms. The number of hydrogen-bond acceptors (Lipinski definition) is 4. The second kappa shape index (κ2) is 7.55. The van der Waals surface area contributed by atoms with Gasteiger partial charge in [0.1, 0.15) is 6.67 Å². The molecule has 0 aliphatic carbocycles. The van der Waals surface area contributed by atoms with Crippen LogP contribution in [0.1, 0.15) is 26.3 Å². The SMILES string of the molecule is CC(C)(C)c1ccc(N2CN(c3ccccc3-c3ccccc3)c3nccnc32)cc1. The summed E-state index contributed by atoms with van der Waals surface area (Å²) < 4.78 is 0. The molecule has 0 radical (unpaired) electrons. The van der Waals surface area contributed by atoms with Gasteiger partial charge in [-0.15, -0.1) is 0 Å². The van der Waals surface area contributed by atoms with Gasteiger partial charge in [-0.25, -0.2) is 9.97 Å². The normalized spacial score (nSPS) is 13.4. The van der Waals surface area contributed by atoms with E-state index in [-0.39, 0.29) is 5.41 Å². The highest BCUT2D eigenvalue weighted by molar-refractivity contribution is 5.88. The Bertz CT molecular complexity index is 1190. The Kier molecular flexibility index (Phi) is 4.70. The Morgan fingerprint density at radius 2 is 1.29 bits per heavy atom. The summed E-state index contributed by atoms with van der Waals surface area (Å²) in [6.07, 6.45) is 3.53. The Balaban J connectivity index is 1.57. The van der Waals surface area contributed by atoms with Crippen LogP contribution < -0.4 is 9.80 Å². The van der Waals surface area contributed by atoms with Crippen molar-refractivity contribution < 1.29 is 0 Å². The van der Waals surface area contributed by atoms with Crippen LogP contribution in [0.15, 0.2) is 91.3 Å². The summed E-state index contributed by atoms with van der Waals surface area (Å²) in [5.74, 6) is 1.76. The van der Waals surface area contributed by atoms with Crippen LogP contribution in [0.25, 0.3) is 11.1 Å². The van der Waals surface area contributed by atoms with E-state index in [1.54, 1.807) is 12.4 Å². The van der Waals surface area contributed by atoms with Gasteiger partial charge >= 0.3 is 0 Å². The molecule has 31 heavy (non-hydrogen) atoms. The first-order chi connectivity index (χ1) is 15.0. The summed E-state index contributed by atoms with van der Waals surface area (Å²) in [5.41, 5.74) is 6.07. The molecule has 2 heterocycles. The number of nitrogens with zero attached hydrogens (tertiary/aromatic N) is 4. The minimum Gasteiger partial charge on any atom is -0.305 e. The van der Waals surface area contributed by atoms with Gasteiger partial charge in [0, 0.05) is 23.6 Å². The number of para-hydroxylation sites is 1. The van der Waals surface area contributed by atoms with Gasteiger partial charge in [-0.05, 0) is 34.7 Å². The quantitative estimate of drug-likeness (QED) is 0.379. The number of fused-ring (bicyclic) bond motifs is 1. The fourth-order valence-corrected chi connectivity index (χ4v) is 4.09. The van der Waals surface area contributed by atoms with Gasteiger partial charge < -0.3 is 9.80 Å². The van der Waals surface area contributed by atoms with Crippen molar-refractivity contribution in [1.82, 2.24) is 9.97 Å². The maximum absolute atomic E-state index is 4.71. The van der Waals surface area contributed by atoms with Gasteiger partial charge in [0.25, 0.3) is 0 Å². The van der Waals surface area contributed by atoms with Gasteiger partial charge in [-0.2, -0.15) is 0 Å². The van der Waals surface area contributed by atoms with Crippen LogP contribution in [-0.4, -0.2) is 16.6 Å².